The molecule has 0 saturated heterocycles. The monoisotopic (exact) mass is 434 g/mol. The van der Waals surface area contributed by atoms with Crippen molar-refractivity contribution in [2.75, 3.05) is 0 Å². The van der Waals surface area contributed by atoms with Crippen LogP contribution in [0.25, 0.3) is 18.6 Å². The summed E-state index contributed by atoms with van der Waals surface area (Å²) >= 11 is 2.05. The third-order valence-electron chi connectivity index (χ3n) is 3.08. The van der Waals surface area contributed by atoms with Crippen LogP contribution in [-0.4, -0.2) is 44.3 Å². The predicted molar refractivity (Wildman–Crippen MR) is 86.8 cm³/mol. The van der Waals surface area contributed by atoms with Crippen LogP contribution in [0.15, 0.2) is 30.3 Å². The summed E-state index contributed by atoms with van der Waals surface area (Å²) < 4.78 is 4.66. The predicted octanol–water partition coefficient (Wildman–Crippen LogP) is 1.67. The molecule has 3 rings (SSSR count). The first-order valence-electron chi connectivity index (χ1n) is 6.38. The zero-order valence-corrected chi connectivity index (χ0v) is 15.3. The summed E-state index contributed by atoms with van der Waals surface area (Å²) in [5, 5.41) is 28.0. The van der Waals surface area contributed by atoms with Crippen molar-refractivity contribution in [3.8, 4) is 18.6 Å². The summed E-state index contributed by atoms with van der Waals surface area (Å²) in [5.74, 6) is 0. The topological polar surface area (TPSA) is 60.7 Å². The average Bonchev–Trinajstić information content (AvgIpc) is 3.23. The fourth-order valence-corrected chi connectivity index (χ4v) is 7.43. The van der Waals surface area contributed by atoms with Crippen molar-refractivity contribution in [2.24, 2.45) is 0 Å². The fourth-order valence-electron chi connectivity index (χ4n) is 2.06. The molecule has 0 fully saturated rings. The number of hydrogen-bond acceptors (Lipinski definition) is 4. The Morgan fingerprint density at radius 2 is 1.43 bits per heavy atom. The molecule has 0 spiro atoms. The summed E-state index contributed by atoms with van der Waals surface area (Å²) in [6.07, 6.45) is 0. The third kappa shape index (κ3) is 3.19. The van der Waals surface area contributed by atoms with Crippen molar-refractivity contribution in [1.29, 1.82) is 0 Å². The van der Waals surface area contributed by atoms with Gasteiger partial charge in [0.25, 0.3) is 0 Å². The molecule has 3 heterocycles. The van der Waals surface area contributed by atoms with Gasteiger partial charge in [-0.25, -0.2) is 0 Å². The van der Waals surface area contributed by atoms with Gasteiger partial charge in [-0.2, -0.15) is 0 Å². The zero-order valence-electron chi connectivity index (χ0n) is 11.1. The Bertz CT molecular complexity index is 742. The van der Waals surface area contributed by atoms with Crippen molar-refractivity contribution < 1.29 is 15.3 Å². The van der Waals surface area contributed by atoms with E-state index in [-0.39, 0.29) is 48.8 Å². The van der Waals surface area contributed by atoms with Crippen molar-refractivity contribution in [1.82, 2.24) is 0 Å². The Morgan fingerprint density at radius 3 is 2.00 bits per heavy atom. The molecule has 0 aliphatic heterocycles. The third-order valence-corrected chi connectivity index (χ3v) is 9.50. The molecule has 0 aliphatic carbocycles. The van der Waals surface area contributed by atoms with Gasteiger partial charge in [-0.1, -0.05) is 0 Å². The minimum atomic E-state index is 0.0360. The first-order valence-corrected chi connectivity index (χ1v) is 10.6. The quantitative estimate of drug-likeness (QED) is 0.538. The van der Waals surface area contributed by atoms with Crippen LogP contribution in [0.3, 0.4) is 0 Å². The molecule has 3 nitrogen and oxygen atoms in total. The second kappa shape index (κ2) is 6.78. The van der Waals surface area contributed by atoms with E-state index in [9.17, 15) is 15.3 Å². The van der Waals surface area contributed by atoms with Crippen molar-refractivity contribution in [2.45, 2.75) is 19.8 Å². The van der Waals surface area contributed by atoms with Gasteiger partial charge in [-0.05, 0) is 0 Å². The van der Waals surface area contributed by atoms with Crippen LogP contribution < -0.4 is 0 Å². The molecule has 0 amide bonds. The number of aliphatic hydroxyl groups excluding tert-OH is 3. The Hall–Kier alpha value is -0.421. The van der Waals surface area contributed by atoms with Gasteiger partial charge in [0.05, 0.1) is 0 Å². The molecule has 0 saturated carbocycles. The second-order valence-electron chi connectivity index (χ2n) is 4.47. The second-order valence-corrected chi connectivity index (χ2v) is 10.4. The van der Waals surface area contributed by atoms with Crippen molar-refractivity contribution in [3.05, 3.63) is 44.8 Å². The van der Waals surface area contributed by atoms with Crippen LogP contribution in [-0.2, 0) is 19.8 Å². The van der Waals surface area contributed by atoms with Gasteiger partial charge in [-0.3, -0.25) is 0 Å². The summed E-state index contributed by atoms with van der Waals surface area (Å²) in [6, 6.07) is 10.2. The molecule has 0 bridgehead atoms. The Labute approximate surface area is 138 Å². The summed E-state index contributed by atoms with van der Waals surface area (Å²) in [6.45, 7) is 0.280. The van der Waals surface area contributed by atoms with Gasteiger partial charge in [0.1, 0.15) is 0 Å². The van der Waals surface area contributed by atoms with E-state index in [4.69, 9.17) is 0 Å². The van der Waals surface area contributed by atoms with Crippen LogP contribution in [0.1, 0.15) is 14.4 Å². The Morgan fingerprint density at radius 1 is 0.810 bits per heavy atom. The van der Waals surface area contributed by atoms with E-state index >= 15 is 0 Å². The number of rotatable bonds is 5. The Kier molecular flexibility index (Phi) is 4.99. The standard InChI is InChI=1S/C15H14O3SSe2/c16-6-9-5-12(13-3-1-10(7-17)20-13)19-15(9)14-4-2-11(8-18)21-14/h1-5,16-18H,6-8H2. The number of hydrogen-bond donors (Lipinski definition) is 3. The molecule has 0 aliphatic rings. The van der Waals surface area contributed by atoms with E-state index in [0.717, 1.165) is 19.3 Å². The molecule has 0 unspecified atom stereocenters. The molecule has 21 heavy (non-hydrogen) atoms. The normalized spacial score (nSPS) is 11.2. The van der Waals surface area contributed by atoms with Crippen LogP contribution in [0.5, 0.6) is 0 Å². The van der Waals surface area contributed by atoms with Crippen molar-refractivity contribution in [3.63, 3.8) is 0 Å². The minimum absolute atomic E-state index is 0.0360. The molecular weight excluding hydrogens is 418 g/mol. The summed E-state index contributed by atoms with van der Waals surface area (Å²) in [5.41, 5.74) is 0.963. The van der Waals surface area contributed by atoms with Gasteiger partial charge >= 0.3 is 139 Å². The molecule has 0 atom stereocenters. The molecule has 6 heteroatoms. The molecule has 110 valence electrons. The first kappa shape index (κ1) is 15.5. The summed E-state index contributed by atoms with van der Waals surface area (Å²) in [4.78, 5) is 2.32. The average molecular weight is 432 g/mol. The van der Waals surface area contributed by atoms with Gasteiger partial charge in [0.2, 0.25) is 0 Å². The first-order chi connectivity index (χ1) is 10.2. The van der Waals surface area contributed by atoms with Crippen molar-refractivity contribution >= 4 is 40.3 Å². The van der Waals surface area contributed by atoms with Gasteiger partial charge in [0.15, 0.2) is 0 Å². The maximum absolute atomic E-state index is 9.61. The van der Waals surface area contributed by atoms with Crippen LogP contribution in [0, 0.1) is 0 Å². The Balaban J connectivity index is 2.01. The van der Waals surface area contributed by atoms with Crippen LogP contribution in [0.2, 0.25) is 0 Å². The van der Waals surface area contributed by atoms with E-state index in [1.807, 2.05) is 12.1 Å². The molecule has 3 aromatic heterocycles. The molecule has 3 aromatic rings. The van der Waals surface area contributed by atoms with Gasteiger partial charge in [0, 0.05) is 0 Å². The van der Waals surface area contributed by atoms with Gasteiger partial charge in [-0.15, -0.1) is 0 Å². The van der Waals surface area contributed by atoms with E-state index in [0.29, 0.717) is 0 Å². The zero-order chi connectivity index (χ0) is 14.8. The maximum atomic E-state index is 9.61. The van der Waals surface area contributed by atoms with E-state index in [2.05, 4.69) is 18.2 Å². The van der Waals surface area contributed by atoms with Gasteiger partial charge < -0.3 is 0 Å². The number of aliphatic hydroxyl groups is 3. The van der Waals surface area contributed by atoms with Crippen LogP contribution >= 0.6 is 11.3 Å². The fraction of sp³-hybridized carbons (Fsp3) is 0.200. The van der Waals surface area contributed by atoms with E-state index < -0.39 is 0 Å². The van der Waals surface area contributed by atoms with Crippen LogP contribution in [0.4, 0.5) is 0 Å². The molecule has 3 N–H and O–H groups in total. The molecule has 0 radical (unpaired) electrons. The van der Waals surface area contributed by atoms with E-state index in [1.165, 1.54) is 13.8 Å². The SMILES string of the molecule is OCc1ccc(-c2cc(CO)c(-c3ccc(CO)[se]3)s2)[se]1. The summed E-state index contributed by atoms with van der Waals surface area (Å²) in [7, 11) is 0. The molecular formula is C15H14O3SSe2. The van der Waals surface area contributed by atoms with E-state index in [1.54, 1.807) is 11.3 Å². The molecule has 0 aromatic carbocycles. The number of thiophene rings is 1.